The summed E-state index contributed by atoms with van der Waals surface area (Å²) in [6.45, 7) is 0. The Bertz CT molecular complexity index is 856. The van der Waals surface area contributed by atoms with E-state index in [9.17, 15) is 8.42 Å². The highest BCUT2D eigenvalue weighted by Gasteiger charge is 2.18. The van der Waals surface area contributed by atoms with Crippen molar-refractivity contribution in [3.05, 3.63) is 52.9 Å². The summed E-state index contributed by atoms with van der Waals surface area (Å²) >= 11 is 6.75. The summed E-state index contributed by atoms with van der Waals surface area (Å²) in [7, 11) is -3.66. The number of nitrogens with zero attached hydrogens (tertiary/aromatic N) is 1. The molecular weight excluding hydrogens is 330 g/mol. The first-order chi connectivity index (χ1) is 10.0. The molecule has 3 aromatic rings. The molecule has 2 N–H and O–H groups in total. The first-order valence-corrected chi connectivity index (χ1v) is 8.61. The van der Waals surface area contributed by atoms with Crippen LogP contribution in [0.5, 0.6) is 0 Å². The molecule has 0 aliphatic heterocycles. The molecule has 0 radical (unpaired) electrons. The quantitative estimate of drug-likeness (QED) is 0.762. The molecule has 2 aromatic heterocycles. The molecule has 0 aliphatic carbocycles. The highest BCUT2D eigenvalue weighted by molar-refractivity contribution is 7.94. The van der Waals surface area contributed by atoms with Gasteiger partial charge >= 0.3 is 0 Å². The van der Waals surface area contributed by atoms with E-state index < -0.39 is 10.0 Å². The van der Waals surface area contributed by atoms with Gasteiger partial charge in [0.05, 0.1) is 10.0 Å². The van der Waals surface area contributed by atoms with Crippen LogP contribution in [0.4, 0.5) is 5.82 Å². The van der Waals surface area contributed by atoms with E-state index in [2.05, 4.69) is 14.9 Å². The van der Waals surface area contributed by atoms with E-state index >= 15 is 0 Å². The van der Waals surface area contributed by atoms with Crippen LogP contribution in [0, 0.1) is 0 Å². The van der Waals surface area contributed by atoms with Gasteiger partial charge in [-0.1, -0.05) is 41.9 Å². The number of anilines is 1. The van der Waals surface area contributed by atoms with Gasteiger partial charge in [-0.05, 0) is 17.7 Å². The maximum Gasteiger partial charge on any atom is 0.272 e. The third-order valence-electron chi connectivity index (χ3n) is 2.71. The minimum atomic E-state index is -3.66. The number of sulfonamides is 1. The maximum atomic E-state index is 12.1. The number of hydrogen-bond acceptors (Lipinski definition) is 4. The van der Waals surface area contributed by atoms with Crippen LogP contribution in [-0.4, -0.2) is 18.6 Å². The molecule has 0 saturated carbocycles. The monoisotopic (exact) mass is 339 g/mol. The molecule has 0 bridgehead atoms. The lowest BCUT2D eigenvalue weighted by Gasteiger charge is -2.01. The zero-order valence-electron chi connectivity index (χ0n) is 10.6. The second-order valence-corrected chi connectivity index (χ2v) is 7.82. The van der Waals surface area contributed by atoms with Gasteiger partial charge in [0, 0.05) is 6.07 Å². The largest absolute Gasteiger partial charge is 0.276 e. The molecule has 0 aliphatic rings. The Kier molecular flexibility index (Phi) is 3.71. The van der Waals surface area contributed by atoms with Gasteiger partial charge in [-0.2, -0.15) is 5.10 Å². The van der Waals surface area contributed by atoms with Gasteiger partial charge < -0.3 is 0 Å². The average molecular weight is 340 g/mol. The minimum absolute atomic E-state index is 0.150. The lowest BCUT2D eigenvalue weighted by atomic mass is 10.2. The molecule has 2 heterocycles. The third kappa shape index (κ3) is 3.10. The number of benzene rings is 1. The highest BCUT2D eigenvalue weighted by atomic mass is 35.5. The van der Waals surface area contributed by atoms with E-state index in [0.29, 0.717) is 4.34 Å². The lowest BCUT2D eigenvalue weighted by molar-refractivity contribution is 0.603. The molecular formula is C13H10ClN3O2S2. The molecule has 8 heteroatoms. The normalized spacial score (nSPS) is 11.5. The molecule has 0 saturated heterocycles. The molecule has 5 nitrogen and oxygen atoms in total. The number of H-pyrrole nitrogens is 1. The fourth-order valence-electron chi connectivity index (χ4n) is 1.77. The number of hydrogen-bond donors (Lipinski definition) is 2. The van der Waals surface area contributed by atoms with E-state index in [4.69, 9.17) is 11.6 Å². The molecule has 0 fully saturated rings. The van der Waals surface area contributed by atoms with Crippen molar-refractivity contribution in [3.8, 4) is 11.3 Å². The van der Waals surface area contributed by atoms with E-state index in [0.717, 1.165) is 22.6 Å². The number of halogens is 1. The summed E-state index contributed by atoms with van der Waals surface area (Å²) in [4.78, 5) is 0. The Labute approximate surface area is 130 Å². The van der Waals surface area contributed by atoms with Gasteiger partial charge in [-0.3, -0.25) is 9.82 Å². The van der Waals surface area contributed by atoms with Gasteiger partial charge in [0.2, 0.25) is 0 Å². The van der Waals surface area contributed by atoms with E-state index in [1.807, 2.05) is 30.3 Å². The highest BCUT2D eigenvalue weighted by Crippen LogP contribution is 2.27. The van der Waals surface area contributed by atoms with Gasteiger partial charge in [-0.15, -0.1) is 11.3 Å². The first-order valence-electron chi connectivity index (χ1n) is 5.93. The van der Waals surface area contributed by atoms with Crippen molar-refractivity contribution < 1.29 is 8.42 Å². The molecule has 1 aromatic carbocycles. The van der Waals surface area contributed by atoms with E-state index in [1.54, 1.807) is 12.1 Å². The zero-order valence-corrected chi connectivity index (χ0v) is 13.0. The van der Waals surface area contributed by atoms with Crippen molar-refractivity contribution in [1.82, 2.24) is 10.2 Å². The second kappa shape index (κ2) is 5.51. The van der Waals surface area contributed by atoms with Crippen molar-refractivity contribution in [2.24, 2.45) is 0 Å². The lowest BCUT2D eigenvalue weighted by Crippen LogP contribution is -2.11. The number of aromatic nitrogens is 2. The van der Waals surface area contributed by atoms with Crippen LogP contribution in [0.25, 0.3) is 11.3 Å². The summed E-state index contributed by atoms with van der Waals surface area (Å²) in [5, 5.41) is 6.77. The summed E-state index contributed by atoms with van der Waals surface area (Å²) in [5.41, 5.74) is 1.66. The maximum absolute atomic E-state index is 12.1. The molecule has 3 rings (SSSR count). The van der Waals surface area contributed by atoms with Crippen LogP contribution in [0.3, 0.4) is 0 Å². The molecule has 0 atom stereocenters. The fourth-order valence-corrected chi connectivity index (χ4v) is 4.24. The molecule has 0 unspecified atom stereocenters. The Hall–Kier alpha value is -1.83. The van der Waals surface area contributed by atoms with Gasteiger partial charge in [-0.25, -0.2) is 8.42 Å². The topological polar surface area (TPSA) is 74.8 Å². The number of rotatable bonds is 4. The van der Waals surface area contributed by atoms with Crippen molar-refractivity contribution in [1.29, 1.82) is 0 Å². The summed E-state index contributed by atoms with van der Waals surface area (Å²) in [5.74, 6) is 0.235. The van der Waals surface area contributed by atoms with Crippen LogP contribution in [0.15, 0.2) is 52.7 Å². The van der Waals surface area contributed by atoms with Gasteiger partial charge in [0.1, 0.15) is 4.21 Å². The Morgan fingerprint density at radius 2 is 1.90 bits per heavy atom. The molecule has 21 heavy (non-hydrogen) atoms. The minimum Gasteiger partial charge on any atom is -0.276 e. The molecule has 0 spiro atoms. The SMILES string of the molecule is O=S(=O)(Nc1cc(-c2ccccc2)[nH]n1)c1ccc(Cl)s1. The van der Waals surface area contributed by atoms with Crippen LogP contribution >= 0.6 is 22.9 Å². The number of thiophene rings is 1. The fraction of sp³-hybridized carbons (Fsp3) is 0. The summed E-state index contributed by atoms with van der Waals surface area (Å²) in [6.07, 6.45) is 0. The number of aromatic amines is 1. The molecule has 0 amide bonds. The smallest absolute Gasteiger partial charge is 0.272 e. The van der Waals surface area contributed by atoms with Crippen LogP contribution in [-0.2, 0) is 10.0 Å². The Morgan fingerprint density at radius 1 is 1.14 bits per heavy atom. The summed E-state index contributed by atoms with van der Waals surface area (Å²) < 4.78 is 27.3. The summed E-state index contributed by atoms with van der Waals surface area (Å²) in [6, 6.07) is 14.2. The standard InChI is InChI=1S/C13H10ClN3O2S2/c14-11-6-7-13(20-11)21(18,19)17-12-8-10(15-16-12)9-4-2-1-3-5-9/h1-8H,(H2,15,16,17). The molecule has 108 valence electrons. The van der Waals surface area contributed by atoms with Crippen LogP contribution in [0.2, 0.25) is 4.34 Å². The first kappa shape index (κ1) is 14.1. The van der Waals surface area contributed by atoms with Gasteiger partial charge in [0.25, 0.3) is 10.0 Å². The van der Waals surface area contributed by atoms with Crippen LogP contribution < -0.4 is 4.72 Å². The Balaban J connectivity index is 1.85. The zero-order chi connectivity index (χ0) is 14.9. The third-order valence-corrected chi connectivity index (χ3v) is 5.79. The van der Waals surface area contributed by atoms with Crippen LogP contribution in [0.1, 0.15) is 0 Å². The number of nitrogens with one attached hydrogen (secondary N) is 2. The van der Waals surface area contributed by atoms with Crippen molar-refractivity contribution in [2.45, 2.75) is 4.21 Å². The van der Waals surface area contributed by atoms with Crippen molar-refractivity contribution in [2.75, 3.05) is 4.72 Å². The van der Waals surface area contributed by atoms with Crippen molar-refractivity contribution >= 4 is 38.8 Å². The predicted octanol–water partition coefficient (Wildman–Crippen LogP) is 3.59. The van der Waals surface area contributed by atoms with Gasteiger partial charge in [0.15, 0.2) is 5.82 Å². The van der Waals surface area contributed by atoms with E-state index in [-0.39, 0.29) is 10.0 Å². The second-order valence-electron chi connectivity index (χ2n) is 4.20. The predicted molar refractivity (Wildman–Crippen MR) is 84.2 cm³/mol. The van der Waals surface area contributed by atoms with Crippen molar-refractivity contribution in [3.63, 3.8) is 0 Å². The Morgan fingerprint density at radius 3 is 2.57 bits per heavy atom. The average Bonchev–Trinajstić information content (AvgIpc) is 3.09. The van der Waals surface area contributed by atoms with E-state index in [1.165, 1.54) is 6.07 Å².